The lowest BCUT2D eigenvalue weighted by Crippen LogP contribution is -2.64. The van der Waals surface area contributed by atoms with Crippen molar-refractivity contribution in [1.29, 1.82) is 0 Å². The van der Waals surface area contributed by atoms with Gasteiger partial charge in [-0.3, -0.25) is 4.90 Å². The molecule has 0 amide bonds. The number of hydrogen-bond donors (Lipinski definition) is 1. The molecule has 3 atom stereocenters. The van der Waals surface area contributed by atoms with E-state index in [0.717, 1.165) is 19.1 Å². The van der Waals surface area contributed by atoms with E-state index >= 15 is 0 Å². The first-order valence-corrected chi connectivity index (χ1v) is 8.65. The van der Waals surface area contributed by atoms with Crippen molar-refractivity contribution in [2.24, 2.45) is 5.92 Å². The third kappa shape index (κ3) is 4.19. The van der Waals surface area contributed by atoms with Crippen molar-refractivity contribution in [3.05, 3.63) is 0 Å². The van der Waals surface area contributed by atoms with Gasteiger partial charge >= 0.3 is 0 Å². The van der Waals surface area contributed by atoms with Gasteiger partial charge in [-0.2, -0.15) is 0 Å². The molecular weight excluding hydrogens is 248 g/mol. The molecule has 0 bridgehead atoms. The third-order valence-corrected chi connectivity index (χ3v) is 5.32. The van der Waals surface area contributed by atoms with E-state index in [4.69, 9.17) is 4.74 Å². The minimum atomic E-state index is 0.290. The zero-order valence-corrected chi connectivity index (χ0v) is 14.0. The summed E-state index contributed by atoms with van der Waals surface area (Å²) in [5.41, 5.74) is 0.290. The highest BCUT2D eigenvalue weighted by Gasteiger charge is 2.35. The van der Waals surface area contributed by atoms with Crippen molar-refractivity contribution in [1.82, 2.24) is 10.2 Å². The standard InChI is InChI=1S/C17H34N2O/c1-5-17(4)13-19(16(12-18-17)14(2)3)10-9-15-8-6-7-11-20-15/h14-16,18H,5-13H2,1-4H3. The molecule has 0 saturated carbocycles. The van der Waals surface area contributed by atoms with Crippen molar-refractivity contribution >= 4 is 0 Å². The van der Waals surface area contributed by atoms with Crippen LogP contribution in [0.2, 0.25) is 0 Å². The molecule has 0 aromatic rings. The van der Waals surface area contributed by atoms with Gasteiger partial charge in [-0.15, -0.1) is 0 Å². The maximum atomic E-state index is 5.90. The number of nitrogens with zero attached hydrogens (tertiary/aromatic N) is 1. The second-order valence-corrected chi connectivity index (χ2v) is 7.35. The topological polar surface area (TPSA) is 24.5 Å². The molecule has 0 aromatic carbocycles. The van der Waals surface area contributed by atoms with E-state index in [-0.39, 0.29) is 0 Å². The van der Waals surface area contributed by atoms with Gasteiger partial charge in [0.05, 0.1) is 6.10 Å². The van der Waals surface area contributed by atoms with Crippen LogP contribution in [0, 0.1) is 5.92 Å². The summed E-state index contributed by atoms with van der Waals surface area (Å²) in [4.78, 5) is 2.72. The summed E-state index contributed by atoms with van der Waals surface area (Å²) in [5.74, 6) is 0.719. The highest BCUT2D eigenvalue weighted by atomic mass is 16.5. The van der Waals surface area contributed by atoms with Crippen molar-refractivity contribution in [3.63, 3.8) is 0 Å². The molecule has 3 nitrogen and oxygen atoms in total. The smallest absolute Gasteiger partial charge is 0.0587 e. The first-order valence-electron chi connectivity index (χ1n) is 8.65. The van der Waals surface area contributed by atoms with Gasteiger partial charge in [0.25, 0.3) is 0 Å². The summed E-state index contributed by atoms with van der Waals surface area (Å²) in [6.45, 7) is 13.9. The molecule has 0 aromatic heterocycles. The average Bonchev–Trinajstić information content (AvgIpc) is 2.46. The van der Waals surface area contributed by atoms with E-state index in [9.17, 15) is 0 Å². The normalized spacial score (nSPS) is 36.5. The van der Waals surface area contributed by atoms with Gasteiger partial charge in [0, 0.05) is 37.8 Å². The fourth-order valence-corrected chi connectivity index (χ4v) is 3.59. The molecule has 20 heavy (non-hydrogen) atoms. The van der Waals surface area contributed by atoms with Gasteiger partial charge in [-0.05, 0) is 44.9 Å². The van der Waals surface area contributed by atoms with E-state index in [1.165, 1.54) is 45.2 Å². The van der Waals surface area contributed by atoms with Crippen molar-refractivity contribution < 1.29 is 4.74 Å². The second kappa shape index (κ2) is 7.24. The Kier molecular flexibility index (Phi) is 5.88. The largest absolute Gasteiger partial charge is 0.378 e. The van der Waals surface area contributed by atoms with Crippen LogP contribution in [0.5, 0.6) is 0 Å². The predicted octanol–water partition coefficient (Wildman–Crippen LogP) is 3.04. The molecule has 2 fully saturated rings. The summed E-state index contributed by atoms with van der Waals surface area (Å²) < 4.78 is 5.90. The summed E-state index contributed by atoms with van der Waals surface area (Å²) >= 11 is 0. The van der Waals surface area contributed by atoms with E-state index in [2.05, 4.69) is 37.9 Å². The Labute approximate surface area is 125 Å². The minimum Gasteiger partial charge on any atom is -0.378 e. The quantitative estimate of drug-likeness (QED) is 0.839. The van der Waals surface area contributed by atoms with Gasteiger partial charge in [0.15, 0.2) is 0 Å². The average molecular weight is 282 g/mol. The summed E-state index contributed by atoms with van der Waals surface area (Å²) in [5, 5.41) is 3.77. The lowest BCUT2D eigenvalue weighted by Gasteiger charge is -2.48. The molecule has 2 rings (SSSR count). The van der Waals surface area contributed by atoms with Gasteiger partial charge < -0.3 is 10.1 Å². The van der Waals surface area contributed by atoms with Crippen molar-refractivity contribution in [3.8, 4) is 0 Å². The van der Waals surface area contributed by atoms with Crippen LogP contribution in [-0.4, -0.2) is 48.8 Å². The maximum absolute atomic E-state index is 5.90. The van der Waals surface area contributed by atoms with Gasteiger partial charge in [-0.25, -0.2) is 0 Å². The van der Waals surface area contributed by atoms with Crippen LogP contribution in [0.15, 0.2) is 0 Å². The first-order chi connectivity index (χ1) is 9.54. The number of rotatable bonds is 5. The molecule has 3 heteroatoms. The van der Waals surface area contributed by atoms with Gasteiger partial charge in [0.2, 0.25) is 0 Å². The number of nitrogens with one attached hydrogen (secondary N) is 1. The van der Waals surface area contributed by atoms with Crippen LogP contribution in [0.3, 0.4) is 0 Å². The molecule has 2 heterocycles. The van der Waals surface area contributed by atoms with Crippen LogP contribution < -0.4 is 5.32 Å². The number of piperazine rings is 1. The fourth-order valence-electron chi connectivity index (χ4n) is 3.59. The van der Waals surface area contributed by atoms with Crippen molar-refractivity contribution in [2.75, 3.05) is 26.2 Å². The van der Waals surface area contributed by atoms with E-state index in [0.29, 0.717) is 17.7 Å². The van der Waals surface area contributed by atoms with Crippen LogP contribution in [-0.2, 0) is 4.74 Å². The van der Waals surface area contributed by atoms with Crippen molar-refractivity contribution in [2.45, 2.75) is 77.5 Å². The molecule has 2 saturated heterocycles. The zero-order chi connectivity index (χ0) is 14.6. The first kappa shape index (κ1) is 16.3. The summed E-state index contributed by atoms with van der Waals surface area (Å²) in [7, 11) is 0. The Bertz CT molecular complexity index is 289. The fraction of sp³-hybridized carbons (Fsp3) is 1.00. The van der Waals surface area contributed by atoms with E-state index < -0.39 is 0 Å². The van der Waals surface area contributed by atoms with E-state index in [1.54, 1.807) is 0 Å². The lowest BCUT2D eigenvalue weighted by atomic mass is 9.89. The molecule has 2 aliphatic heterocycles. The Morgan fingerprint density at radius 1 is 1.35 bits per heavy atom. The number of ether oxygens (including phenoxy) is 1. The maximum Gasteiger partial charge on any atom is 0.0587 e. The second-order valence-electron chi connectivity index (χ2n) is 7.35. The summed E-state index contributed by atoms with van der Waals surface area (Å²) in [6.07, 6.45) is 6.80. The zero-order valence-electron chi connectivity index (χ0n) is 14.0. The van der Waals surface area contributed by atoms with Crippen LogP contribution >= 0.6 is 0 Å². The molecule has 3 unspecified atom stereocenters. The Morgan fingerprint density at radius 3 is 2.75 bits per heavy atom. The molecule has 0 radical (unpaired) electrons. The molecule has 1 N–H and O–H groups in total. The Balaban J connectivity index is 1.89. The highest BCUT2D eigenvalue weighted by Crippen LogP contribution is 2.24. The lowest BCUT2D eigenvalue weighted by molar-refractivity contribution is -0.00796. The molecule has 2 aliphatic rings. The van der Waals surface area contributed by atoms with Crippen LogP contribution in [0.25, 0.3) is 0 Å². The van der Waals surface area contributed by atoms with Crippen LogP contribution in [0.4, 0.5) is 0 Å². The monoisotopic (exact) mass is 282 g/mol. The van der Waals surface area contributed by atoms with Gasteiger partial charge in [0.1, 0.15) is 0 Å². The summed E-state index contributed by atoms with van der Waals surface area (Å²) in [6, 6.07) is 0.679. The molecule has 0 spiro atoms. The predicted molar refractivity (Wildman–Crippen MR) is 85.1 cm³/mol. The molecule has 0 aliphatic carbocycles. The SMILES string of the molecule is CCC1(C)CN(CCC2CCCCO2)C(C(C)C)CN1. The van der Waals surface area contributed by atoms with E-state index in [1.807, 2.05) is 0 Å². The Hall–Kier alpha value is -0.120. The highest BCUT2D eigenvalue weighted by molar-refractivity contribution is 4.95. The third-order valence-electron chi connectivity index (χ3n) is 5.32. The van der Waals surface area contributed by atoms with Gasteiger partial charge in [-0.1, -0.05) is 20.8 Å². The Morgan fingerprint density at radius 2 is 2.15 bits per heavy atom. The number of hydrogen-bond acceptors (Lipinski definition) is 3. The molecular formula is C17H34N2O. The minimum absolute atomic E-state index is 0.290. The van der Waals surface area contributed by atoms with Crippen LogP contribution in [0.1, 0.15) is 59.8 Å². The molecule has 118 valence electrons.